The first-order valence-corrected chi connectivity index (χ1v) is 9.17. The van der Waals surface area contributed by atoms with Gasteiger partial charge in [0.1, 0.15) is 12.4 Å². The molecular formula is C18H26N4O2S. The number of amides is 1. The number of thioether (sulfide) groups is 1. The number of aromatic nitrogens is 3. The second-order valence-corrected chi connectivity index (χ2v) is 7.97. The topological polar surface area (TPSA) is 69.0 Å². The standard InChI is InChI=1S/C18H26N4O2S/c1-12-8-7-9-14(13(12)2)24-10-15-20-21-17(22(15)6)25-11-16(23)19-18(3,4)5/h7-9H,10-11H2,1-6H3,(H,19,23). The van der Waals surface area contributed by atoms with Crippen molar-refractivity contribution in [2.24, 2.45) is 7.05 Å². The zero-order chi connectivity index (χ0) is 18.6. The minimum atomic E-state index is -0.234. The number of carbonyl (C=O) groups is 1. The first kappa shape index (κ1) is 19.3. The van der Waals surface area contributed by atoms with Crippen molar-refractivity contribution in [2.75, 3.05) is 5.75 Å². The van der Waals surface area contributed by atoms with Crippen LogP contribution < -0.4 is 10.1 Å². The summed E-state index contributed by atoms with van der Waals surface area (Å²) >= 11 is 1.37. The lowest BCUT2D eigenvalue weighted by Crippen LogP contribution is -2.41. The molecule has 1 amide bonds. The Morgan fingerprint density at radius 2 is 2.00 bits per heavy atom. The number of ether oxygens (including phenoxy) is 1. The van der Waals surface area contributed by atoms with E-state index in [0.717, 1.165) is 17.1 Å². The highest BCUT2D eigenvalue weighted by Gasteiger charge is 2.16. The fourth-order valence-electron chi connectivity index (χ4n) is 2.20. The van der Waals surface area contributed by atoms with Crippen LogP contribution in [-0.2, 0) is 18.4 Å². The van der Waals surface area contributed by atoms with Crippen molar-refractivity contribution in [1.82, 2.24) is 20.1 Å². The van der Waals surface area contributed by atoms with E-state index in [4.69, 9.17) is 4.74 Å². The van der Waals surface area contributed by atoms with Crippen LogP contribution in [0.15, 0.2) is 23.4 Å². The van der Waals surface area contributed by atoms with Gasteiger partial charge in [0.05, 0.1) is 5.75 Å². The van der Waals surface area contributed by atoms with Gasteiger partial charge in [-0.2, -0.15) is 0 Å². The van der Waals surface area contributed by atoms with Crippen molar-refractivity contribution < 1.29 is 9.53 Å². The minimum absolute atomic E-state index is 0.0197. The van der Waals surface area contributed by atoms with E-state index < -0.39 is 0 Å². The van der Waals surface area contributed by atoms with E-state index >= 15 is 0 Å². The van der Waals surface area contributed by atoms with Gasteiger partial charge >= 0.3 is 0 Å². The van der Waals surface area contributed by atoms with Gasteiger partial charge in [-0.3, -0.25) is 4.79 Å². The Labute approximate surface area is 153 Å². The van der Waals surface area contributed by atoms with Gasteiger partial charge in [0.15, 0.2) is 11.0 Å². The Morgan fingerprint density at radius 1 is 1.28 bits per heavy atom. The first-order valence-electron chi connectivity index (χ1n) is 8.18. The molecule has 0 bridgehead atoms. The Hall–Kier alpha value is -2.02. The Morgan fingerprint density at radius 3 is 2.68 bits per heavy atom. The average molecular weight is 362 g/mol. The molecule has 0 aliphatic carbocycles. The first-order chi connectivity index (χ1) is 11.7. The Balaban J connectivity index is 1.94. The third kappa shape index (κ3) is 5.49. The Bertz CT molecular complexity index is 750. The highest BCUT2D eigenvalue weighted by Crippen LogP contribution is 2.22. The molecule has 2 rings (SSSR count). The number of hydrogen-bond donors (Lipinski definition) is 1. The molecule has 1 N–H and O–H groups in total. The summed E-state index contributed by atoms with van der Waals surface area (Å²) in [4.78, 5) is 11.9. The molecule has 0 fully saturated rings. The van der Waals surface area contributed by atoms with Crippen molar-refractivity contribution in [3.8, 4) is 5.75 Å². The Kier molecular flexibility index (Phi) is 6.11. The van der Waals surface area contributed by atoms with Crippen LogP contribution in [0.1, 0.15) is 37.7 Å². The van der Waals surface area contributed by atoms with Gasteiger partial charge in [-0.1, -0.05) is 23.9 Å². The second-order valence-electron chi connectivity index (χ2n) is 7.03. The molecular weight excluding hydrogens is 336 g/mol. The summed E-state index contributed by atoms with van der Waals surface area (Å²) in [5.74, 6) is 1.86. The number of benzene rings is 1. The van der Waals surface area contributed by atoms with Crippen molar-refractivity contribution in [1.29, 1.82) is 0 Å². The van der Waals surface area contributed by atoms with Gasteiger partial charge in [-0.05, 0) is 51.8 Å². The maximum absolute atomic E-state index is 11.9. The van der Waals surface area contributed by atoms with Crippen molar-refractivity contribution >= 4 is 17.7 Å². The zero-order valence-corrected chi connectivity index (χ0v) is 16.5. The van der Waals surface area contributed by atoms with Gasteiger partial charge in [0, 0.05) is 12.6 Å². The molecule has 0 saturated heterocycles. The second kappa shape index (κ2) is 7.91. The molecule has 0 aliphatic heterocycles. The third-order valence-electron chi connectivity index (χ3n) is 3.68. The zero-order valence-electron chi connectivity index (χ0n) is 15.7. The van der Waals surface area contributed by atoms with Crippen LogP contribution in [0.2, 0.25) is 0 Å². The van der Waals surface area contributed by atoms with Crippen molar-refractivity contribution in [2.45, 2.75) is 51.9 Å². The van der Waals surface area contributed by atoms with E-state index in [2.05, 4.69) is 28.5 Å². The van der Waals surface area contributed by atoms with Gasteiger partial charge < -0.3 is 14.6 Å². The summed E-state index contributed by atoms with van der Waals surface area (Å²) in [6.45, 7) is 10.3. The predicted molar refractivity (Wildman–Crippen MR) is 99.9 cm³/mol. The smallest absolute Gasteiger partial charge is 0.230 e. The van der Waals surface area contributed by atoms with Crippen LogP contribution in [0.3, 0.4) is 0 Å². The lowest BCUT2D eigenvalue weighted by atomic mass is 10.1. The van der Waals surface area contributed by atoms with Gasteiger partial charge in [0.25, 0.3) is 0 Å². The fourth-order valence-corrected chi connectivity index (χ4v) is 2.93. The van der Waals surface area contributed by atoms with E-state index in [-0.39, 0.29) is 11.4 Å². The van der Waals surface area contributed by atoms with Crippen LogP contribution in [0.25, 0.3) is 0 Å². The maximum Gasteiger partial charge on any atom is 0.230 e. The molecule has 7 heteroatoms. The molecule has 1 aromatic carbocycles. The van der Waals surface area contributed by atoms with Crippen LogP contribution >= 0.6 is 11.8 Å². The molecule has 0 saturated carbocycles. The molecule has 6 nitrogen and oxygen atoms in total. The molecule has 0 radical (unpaired) electrons. The molecule has 0 unspecified atom stereocenters. The number of hydrogen-bond acceptors (Lipinski definition) is 5. The van der Waals surface area contributed by atoms with Crippen molar-refractivity contribution in [3.05, 3.63) is 35.2 Å². The normalized spacial score (nSPS) is 11.4. The van der Waals surface area contributed by atoms with E-state index in [1.807, 2.05) is 51.4 Å². The highest BCUT2D eigenvalue weighted by atomic mass is 32.2. The van der Waals surface area contributed by atoms with Crippen molar-refractivity contribution in [3.63, 3.8) is 0 Å². The molecule has 0 aliphatic rings. The minimum Gasteiger partial charge on any atom is -0.485 e. The lowest BCUT2D eigenvalue weighted by Gasteiger charge is -2.20. The van der Waals surface area contributed by atoms with Gasteiger partial charge in [0.2, 0.25) is 5.91 Å². The fraction of sp³-hybridized carbons (Fsp3) is 0.500. The van der Waals surface area contributed by atoms with E-state index in [1.165, 1.54) is 17.3 Å². The molecule has 2 aromatic rings. The van der Waals surface area contributed by atoms with E-state index in [1.54, 1.807) is 0 Å². The molecule has 136 valence electrons. The number of nitrogens with one attached hydrogen (secondary N) is 1. The quantitative estimate of drug-likeness (QED) is 0.800. The summed E-state index contributed by atoms with van der Waals surface area (Å²) in [6, 6.07) is 5.98. The number of carbonyl (C=O) groups excluding carboxylic acids is 1. The summed E-state index contributed by atoms with van der Waals surface area (Å²) in [6.07, 6.45) is 0. The van der Waals surface area contributed by atoms with Crippen LogP contribution in [0.5, 0.6) is 5.75 Å². The largest absolute Gasteiger partial charge is 0.485 e. The lowest BCUT2D eigenvalue weighted by molar-refractivity contribution is -0.119. The van der Waals surface area contributed by atoms with E-state index in [9.17, 15) is 4.79 Å². The van der Waals surface area contributed by atoms with Crippen LogP contribution in [0.4, 0.5) is 0 Å². The summed E-state index contributed by atoms with van der Waals surface area (Å²) in [5, 5.41) is 12.0. The molecule has 25 heavy (non-hydrogen) atoms. The van der Waals surface area contributed by atoms with Crippen LogP contribution in [0, 0.1) is 13.8 Å². The number of rotatable bonds is 6. The molecule has 1 aromatic heterocycles. The highest BCUT2D eigenvalue weighted by molar-refractivity contribution is 7.99. The number of nitrogens with zero attached hydrogens (tertiary/aromatic N) is 3. The average Bonchev–Trinajstić information content (AvgIpc) is 2.85. The summed E-state index contributed by atoms with van der Waals surface area (Å²) < 4.78 is 7.74. The van der Waals surface area contributed by atoms with Gasteiger partial charge in [-0.25, -0.2) is 0 Å². The van der Waals surface area contributed by atoms with Crippen LogP contribution in [-0.4, -0.2) is 32.0 Å². The third-order valence-corrected chi connectivity index (χ3v) is 4.70. The van der Waals surface area contributed by atoms with E-state index in [0.29, 0.717) is 17.5 Å². The maximum atomic E-state index is 11.9. The SMILES string of the molecule is Cc1cccc(OCc2nnc(SCC(=O)NC(C)(C)C)n2C)c1C. The van der Waals surface area contributed by atoms with Gasteiger partial charge in [-0.15, -0.1) is 10.2 Å². The monoisotopic (exact) mass is 362 g/mol. The summed E-state index contributed by atoms with van der Waals surface area (Å²) in [5.41, 5.74) is 2.08. The predicted octanol–water partition coefficient (Wildman–Crippen LogP) is 3.02. The molecule has 1 heterocycles. The summed E-state index contributed by atoms with van der Waals surface area (Å²) in [7, 11) is 1.88. The molecule has 0 spiro atoms. The number of aryl methyl sites for hydroxylation is 1. The molecule has 0 atom stereocenters.